The Hall–Kier alpha value is -4.71. The summed E-state index contributed by atoms with van der Waals surface area (Å²) in [5.41, 5.74) is 4.12. The molecule has 0 saturated carbocycles. The van der Waals surface area contributed by atoms with Crippen LogP contribution < -0.4 is 10.1 Å². The standard InChI is InChI=1S/C31H27NO5/c1-22-7-5-6-10-29(22)37-27-17-15-26(16-18-27)32-30(34)19-20-31(35)36-21-28(33)25-13-11-24(12-14-25)23-8-3-2-4-9-23/h2-18H,19-21H2,1H3,(H,32,34). The minimum Gasteiger partial charge on any atom is -0.457 e. The molecule has 0 aliphatic rings. The smallest absolute Gasteiger partial charge is 0.306 e. The second-order valence-corrected chi connectivity index (χ2v) is 8.47. The molecular formula is C31H27NO5. The van der Waals surface area contributed by atoms with Crippen LogP contribution in [0.3, 0.4) is 0 Å². The van der Waals surface area contributed by atoms with Crippen molar-refractivity contribution < 1.29 is 23.9 Å². The lowest BCUT2D eigenvalue weighted by Crippen LogP contribution is -2.17. The Morgan fingerprint density at radius 1 is 0.703 bits per heavy atom. The van der Waals surface area contributed by atoms with Gasteiger partial charge in [-0.1, -0.05) is 72.8 Å². The van der Waals surface area contributed by atoms with Crippen LogP contribution in [0.2, 0.25) is 0 Å². The van der Waals surface area contributed by atoms with E-state index in [1.807, 2.05) is 73.7 Å². The van der Waals surface area contributed by atoms with Gasteiger partial charge in [0.15, 0.2) is 12.4 Å². The molecule has 4 rings (SSSR count). The lowest BCUT2D eigenvalue weighted by molar-refractivity contribution is -0.143. The maximum Gasteiger partial charge on any atom is 0.306 e. The van der Waals surface area contributed by atoms with Crippen molar-refractivity contribution in [3.63, 3.8) is 0 Å². The van der Waals surface area contributed by atoms with Crippen LogP contribution in [0.5, 0.6) is 11.5 Å². The summed E-state index contributed by atoms with van der Waals surface area (Å²) < 4.78 is 10.9. The van der Waals surface area contributed by atoms with Crippen molar-refractivity contribution in [2.24, 2.45) is 0 Å². The number of amides is 1. The van der Waals surface area contributed by atoms with Crippen LogP contribution in [-0.4, -0.2) is 24.3 Å². The molecule has 6 nitrogen and oxygen atoms in total. The lowest BCUT2D eigenvalue weighted by atomic mass is 10.0. The minimum absolute atomic E-state index is 0.0553. The second kappa shape index (κ2) is 12.3. The maximum atomic E-state index is 12.4. The highest BCUT2D eigenvalue weighted by molar-refractivity contribution is 5.98. The first-order chi connectivity index (χ1) is 18.0. The lowest BCUT2D eigenvalue weighted by Gasteiger charge is -2.10. The van der Waals surface area contributed by atoms with Crippen LogP contribution in [0.1, 0.15) is 28.8 Å². The van der Waals surface area contributed by atoms with Gasteiger partial charge in [-0.3, -0.25) is 14.4 Å². The molecule has 0 aliphatic heterocycles. The molecule has 1 amide bonds. The van der Waals surface area contributed by atoms with Gasteiger partial charge in [-0.15, -0.1) is 0 Å². The SMILES string of the molecule is Cc1ccccc1Oc1ccc(NC(=O)CCC(=O)OCC(=O)c2ccc(-c3ccccc3)cc2)cc1. The number of Topliss-reactive ketones (excluding diaryl/α,β-unsaturated/α-hetero) is 1. The zero-order valence-corrected chi connectivity index (χ0v) is 20.5. The van der Waals surface area contributed by atoms with Crippen LogP contribution in [0.15, 0.2) is 103 Å². The Labute approximate surface area is 215 Å². The zero-order valence-electron chi connectivity index (χ0n) is 20.5. The minimum atomic E-state index is -0.605. The van der Waals surface area contributed by atoms with Gasteiger partial charge >= 0.3 is 5.97 Å². The number of ketones is 1. The summed E-state index contributed by atoms with van der Waals surface area (Å²) in [5, 5.41) is 2.74. The van der Waals surface area contributed by atoms with E-state index in [0.717, 1.165) is 22.4 Å². The monoisotopic (exact) mass is 493 g/mol. The molecule has 0 heterocycles. The molecule has 0 unspecified atom stereocenters. The van der Waals surface area contributed by atoms with E-state index >= 15 is 0 Å². The average molecular weight is 494 g/mol. The Morgan fingerprint density at radius 2 is 1.35 bits per heavy atom. The number of para-hydroxylation sites is 1. The van der Waals surface area contributed by atoms with E-state index in [-0.39, 0.29) is 31.1 Å². The fourth-order valence-corrected chi connectivity index (χ4v) is 3.62. The summed E-state index contributed by atoms with van der Waals surface area (Å²) in [6, 6.07) is 31.6. The van der Waals surface area contributed by atoms with Gasteiger partial charge in [-0.2, -0.15) is 0 Å². The molecule has 1 N–H and O–H groups in total. The van der Waals surface area contributed by atoms with E-state index < -0.39 is 5.97 Å². The normalized spacial score (nSPS) is 10.4. The maximum absolute atomic E-state index is 12.4. The summed E-state index contributed by atoms with van der Waals surface area (Å²) >= 11 is 0. The number of hydrogen-bond donors (Lipinski definition) is 1. The van der Waals surface area contributed by atoms with E-state index in [1.54, 1.807) is 36.4 Å². The second-order valence-electron chi connectivity index (χ2n) is 8.47. The number of esters is 1. The van der Waals surface area contributed by atoms with Crippen molar-refractivity contribution in [2.75, 3.05) is 11.9 Å². The largest absolute Gasteiger partial charge is 0.457 e. The molecular weight excluding hydrogens is 466 g/mol. The Morgan fingerprint density at radius 3 is 2.05 bits per heavy atom. The van der Waals surface area contributed by atoms with Crippen LogP contribution in [-0.2, 0) is 14.3 Å². The molecule has 186 valence electrons. The fourth-order valence-electron chi connectivity index (χ4n) is 3.62. The van der Waals surface area contributed by atoms with Gasteiger partial charge in [-0.05, 0) is 53.9 Å². The third kappa shape index (κ3) is 7.39. The van der Waals surface area contributed by atoms with Gasteiger partial charge in [-0.25, -0.2) is 0 Å². The van der Waals surface area contributed by atoms with Gasteiger partial charge in [0.2, 0.25) is 5.91 Å². The Bertz CT molecular complexity index is 1360. The van der Waals surface area contributed by atoms with Gasteiger partial charge in [0, 0.05) is 17.7 Å². The summed E-state index contributed by atoms with van der Waals surface area (Å²) in [4.78, 5) is 36.6. The van der Waals surface area contributed by atoms with E-state index in [1.165, 1.54) is 0 Å². The summed E-state index contributed by atoms with van der Waals surface area (Å²) in [6.45, 7) is 1.60. The summed E-state index contributed by atoms with van der Waals surface area (Å²) in [7, 11) is 0. The molecule has 6 heteroatoms. The third-order valence-electron chi connectivity index (χ3n) is 5.69. The van der Waals surface area contributed by atoms with E-state index in [2.05, 4.69) is 5.32 Å². The number of ether oxygens (including phenoxy) is 2. The first-order valence-electron chi connectivity index (χ1n) is 12.0. The molecule has 37 heavy (non-hydrogen) atoms. The van der Waals surface area contributed by atoms with Crippen molar-refractivity contribution in [3.8, 4) is 22.6 Å². The van der Waals surface area contributed by atoms with E-state index in [9.17, 15) is 14.4 Å². The van der Waals surface area contributed by atoms with E-state index in [4.69, 9.17) is 9.47 Å². The highest BCUT2D eigenvalue weighted by atomic mass is 16.5. The number of rotatable bonds is 10. The Balaban J connectivity index is 1.18. The third-order valence-corrected chi connectivity index (χ3v) is 5.69. The highest BCUT2D eigenvalue weighted by Gasteiger charge is 2.13. The molecule has 0 bridgehead atoms. The topological polar surface area (TPSA) is 81.7 Å². The molecule has 0 fully saturated rings. The van der Waals surface area contributed by atoms with Crippen molar-refractivity contribution >= 4 is 23.3 Å². The van der Waals surface area contributed by atoms with Gasteiger partial charge < -0.3 is 14.8 Å². The van der Waals surface area contributed by atoms with Crippen LogP contribution in [0.25, 0.3) is 11.1 Å². The molecule has 0 spiro atoms. The predicted molar refractivity (Wildman–Crippen MR) is 143 cm³/mol. The van der Waals surface area contributed by atoms with Gasteiger partial charge in [0.05, 0.1) is 6.42 Å². The number of hydrogen-bond acceptors (Lipinski definition) is 5. The molecule has 0 atom stereocenters. The fraction of sp³-hybridized carbons (Fsp3) is 0.129. The summed E-state index contributed by atoms with van der Waals surface area (Å²) in [5.74, 6) is 0.180. The average Bonchev–Trinajstić information content (AvgIpc) is 2.93. The molecule has 4 aromatic carbocycles. The van der Waals surface area contributed by atoms with Crippen LogP contribution in [0, 0.1) is 6.92 Å². The summed E-state index contributed by atoms with van der Waals surface area (Å²) in [6.07, 6.45) is -0.180. The first kappa shape index (κ1) is 25.4. The predicted octanol–water partition coefficient (Wildman–Crippen LogP) is 6.60. The van der Waals surface area contributed by atoms with Crippen molar-refractivity contribution in [3.05, 3.63) is 114 Å². The van der Waals surface area contributed by atoms with Crippen LogP contribution >= 0.6 is 0 Å². The van der Waals surface area contributed by atoms with Crippen molar-refractivity contribution in [1.82, 2.24) is 0 Å². The van der Waals surface area contributed by atoms with Crippen molar-refractivity contribution in [1.29, 1.82) is 0 Å². The van der Waals surface area contributed by atoms with Gasteiger partial charge in [0.25, 0.3) is 0 Å². The molecule has 4 aromatic rings. The number of carbonyl (C=O) groups excluding carboxylic acids is 3. The molecule has 0 aliphatic carbocycles. The van der Waals surface area contributed by atoms with Crippen LogP contribution in [0.4, 0.5) is 5.69 Å². The molecule has 0 radical (unpaired) electrons. The van der Waals surface area contributed by atoms with Gasteiger partial charge in [0.1, 0.15) is 11.5 Å². The first-order valence-corrected chi connectivity index (χ1v) is 12.0. The quantitative estimate of drug-likeness (QED) is 0.199. The number of aryl methyl sites for hydroxylation is 1. The zero-order chi connectivity index (χ0) is 26.0. The highest BCUT2D eigenvalue weighted by Crippen LogP contribution is 2.26. The number of anilines is 1. The molecule has 0 aromatic heterocycles. The molecule has 0 saturated heterocycles. The number of carbonyl (C=O) groups is 3. The van der Waals surface area contributed by atoms with Crippen molar-refractivity contribution in [2.45, 2.75) is 19.8 Å². The van der Waals surface area contributed by atoms with E-state index in [0.29, 0.717) is 17.0 Å². The number of nitrogens with one attached hydrogen (secondary N) is 1. The Kier molecular flexibility index (Phi) is 8.45. The number of benzene rings is 4.